The number of aliphatic carboxylic acids is 1. The Morgan fingerprint density at radius 3 is 2.41 bits per heavy atom. The fourth-order valence-corrected chi connectivity index (χ4v) is 2.96. The van der Waals surface area contributed by atoms with Gasteiger partial charge in [0.2, 0.25) is 5.91 Å². The molecule has 0 spiro atoms. The van der Waals surface area contributed by atoms with Crippen molar-refractivity contribution < 1.29 is 19.4 Å². The molecule has 1 fully saturated rings. The third-order valence-corrected chi connectivity index (χ3v) is 4.41. The van der Waals surface area contributed by atoms with E-state index in [4.69, 9.17) is 9.84 Å². The Bertz CT molecular complexity index is 568. The molecule has 2 N–H and O–H groups in total. The highest BCUT2D eigenvalue weighted by atomic mass is 16.5. The molecular weight excluding hydrogens is 282 g/mol. The molecule has 1 aromatic carbocycles. The Balaban J connectivity index is 1.96. The van der Waals surface area contributed by atoms with Crippen LogP contribution in [0.15, 0.2) is 24.3 Å². The number of carboxylic acid groups (broad SMARTS) is 1. The van der Waals surface area contributed by atoms with E-state index in [1.165, 1.54) is 0 Å². The summed E-state index contributed by atoms with van der Waals surface area (Å²) in [5, 5.41) is 12.0. The molecule has 0 heterocycles. The second-order valence-corrected chi connectivity index (χ2v) is 6.24. The van der Waals surface area contributed by atoms with Gasteiger partial charge >= 0.3 is 5.97 Å². The van der Waals surface area contributed by atoms with E-state index in [1.807, 2.05) is 45.0 Å². The van der Waals surface area contributed by atoms with Gasteiger partial charge < -0.3 is 15.2 Å². The number of rotatable bonds is 7. The van der Waals surface area contributed by atoms with Crippen molar-refractivity contribution in [2.75, 3.05) is 6.61 Å². The first kappa shape index (κ1) is 16.5. The van der Waals surface area contributed by atoms with E-state index < -0.39 is 23.2 Å². The van der Waals surface area contributed by atoms with Crippen LogP contribution in [0.5, 0.6) is 0 Å². The number of ether oxygens (including phenoxy) is 1. The van der Waals surface area contributed by atoms with Crippen molar-refractivity contribution in [3.63, 3.8) is 0 Å². The summed E-state index contributed by atoms with van der Waals surface area (Å²) in [6.45, 7) is 7.11. The standard InChI is InChI=1S/C17H23NO4/c1-4-22-10-12-8-6-5-7-11(12)9-18-15(19)13-14(16(20)21)17(13,2)3/h5-8,13-14H,4,9-10H2,1-3H3,(H,18,19)(H,20,21)/t13-,14+/m0/s1. The molecule has 0 aliphatic heterocycles. The summed E-state index contributed by atoms with van der Waals surface area (Å²) in [5.41, 5.74) is 1.56. The van der Waals surface area contributed by atoms with Crippen molar-refractivity contribution in [1.29, 1.82) is 0 Å². The molecule has 1 saturated carbocycles. The molecule has 22 heavy (non-hydrogen) atoms. The van der Waals surface area contributed by atoms with Crippen molar-refractivity contribution in [2.45, 2.75) is 33.9 Å². The molecule has 1 aliphatic rings. The number of hydrogen-bond acceptors (Lipinski definition) is 3. The van der Waals surface area contributed by atoms with E-state index in [-0.39, 0.29) is 5.91 Å². The maximum Gasteiger partial charge on any atom is 0.307 e. The summed E-state index contributed by atoms with van der Waals surface area (Å²) in [7, 11) is 0. The van der Waals surface area contributed by atoms with Gasteiger partial charge in [0, 0.05) is 13.2 Å². The van der Waals surface area contributed by atoms with Gasteiger partial charge in [-0.2, -0.15) is 0 Å². The third kappa shape index (κ3) is 3.30. The monoisotopic (exact) mass is 305 g/mol. The third-order valence-electron chi connectivity index (χ3n) is 4.41. The molecule has 0 bridgehead atoms. The average molecular weight is 305 g/mol. The maximum atomic E-state index is 12.2. The van der Waals surface area contributed by atoms with Crippen LogP contribution in [0.4, 0.5) is 0 Å². The van der Waals surface area contributed by atoms with Crippen LogP contribution in [0.1, 0.15) is 31.9 Å². The average Bonchev–Trinajstić information content (AvgIpc) is 3.06. The summed E-state index contributed by atoms with van der Waals surface area (Å²) in [4.78, 5) is 23.4. The molecule has 2 atom stereocenters. The van der Waals surface area contributed by atoms with Gasteiger partial charge in [-0.3, -0.25) is 9.59 Å². The normalized spacial score (nSPS) is 22.1. The van der Waals surface area contributed by atoms with Gasteiger partial charge in [0.25, 0.3) is 0 Å². The Morgan fingerprint density at radius 1 is 1.23 bits per heavy atom. The maximum absolute atomic E-state index is 12.2. The van der Waals surface area contributed by atoms with Crippen LogP contribution in [0.2, 0.25) is 0 Å². The van der Waals surface area contributed by atoms with E-state index in [0.717, 1.165) is 11.1 Å². The molecule has 1 aliphatic carbocycles. The lowest BCUT2D eigenvalue weighted by Crippen LogP contribution is -2.27. The molecule has 5 nitrogen and oxygen atoms in total. The molecule has 5 heteroatoms. The first-order valence-corrected chi connectivity index (χ1v) is 7.54. The number of amides is 1. The minimum atomic E-state index is -0.901. The number of carbonyl (C=O) groups excluding carboxylic acids is 1. The van der Waals surface area contributed by atoms with Crippen molar-refractivity contribution in [2.24, 2.45) is 17.3 Å². The molecule has 0 unspecified atom stereocenters. The van der Waals surface area contributed by atoms with E-state index in [0.29, 0.717) is 19.8 Å². The first-order valence-electron chi connectivity index (χ1n) is 7.54. The molecule has 1 amide bonds. The SMILES string of the molecule is CCOCc1ccccc1CNC(=O)[C@@H]1[C@H](C(=O)O)C1(C)C. The van der Waals surface area contributed by atoms with E-state index in [1.54, 1.807) is 0 Å². The molecule has 0 aromatic heterocycles. The lowest BCUT2D eigenvalue weighted by molar-refractivity contribution is -0.140. The smallest absolute Gasteiger partial charge is 0.307 e. The fraction of sp³-hybridized carbons (Fsp3) is 0.529. The lowest BCUT2D eigenvalue weighted by atomic mass is 10.1. The van der Waals surface area contributed by atoms with Crippen LogP contribution in [-0.2, 0) is 27.5 Å². The highest BCUT2D eigenvalue weighted by Crippen LogP contribution is 2.58. The van der Waals surface area contributed by atoms with Gasteiger partial charge in [-0.1, -0.05) is 38.1 Å². The highest BCUT2D eigenvalue weighted by molar-refractivity contribution is 5.91. The van der Waals surface area contributed by atoms with Crippen LogP contribution in [0.25, 0.3) is 0 Å². The predicted molar refractivity (Wildman–Crippen MR) is 82.0 cm³/mol. The number of hydrogen-bond donors (Lipinski definition) is 2. The Labute approximate surface area is 130 Å². The van der Waals surface area contributed by atoms with Gasteiger partial charge in [0.15, 0.2) is 0 Å². The second-order valence-electron chi connectivity index (χ2n) is 6.24. The number of benzene rings is 1. The Kier molecular flexibility index (Phi) is 4.86. The minimum absolute atomic E-state index is 0.191. The van der Waals surface area contributed by atoms with Crippen molar-refractivity contribution in [3.8, 4) is 0 Å². The second kappa shape index (κ2) is 6.48. The van der Waals surface area contributed by atoms with E-state index >= 15 is 0 Å². The fourth-order valence-electron chi connectivity index (χ4n) is 2.96. The molecular formula is C17H23NO4. The molecule has 1 aromatic rings. The summed E-state index contributed by atoms with van der Waals surface area (Å²) < 4.78 is 5.42. The van der Waals surface area contributed by atoms with E-state index in [9.17, 15) is 9.59 Å². The van der Waals surface area contributed by atoms with E-state index in [2.05, 4.69) is 5.32 Å². The zero-order valence-electron chi connectivity index (χ0n) is 13.3. The van der Waals surface area contributed by atoms with Crippen LogP contribution in [0, 0.1) is 17.3 Å². The minimum Gasteiger partial charge on any atom is -0.481 e. The number of carboxylic acids is 1. The van der Waals surface area contributed by atoms with Gasteiger partial charge in [-0.05, 0) is 23.5 Å². The molecule has 120 valence electrons. The first-order chi connectivity index (χ1) is 10.4. The molecule has 0 radical (unpaired) electrons. The van der Waals surface area contributed by atoms with Gasteiger partial charge in [-0.25, -0.2) is 0 Å². The van der Waals surface area contributed by atoms with Gasteiger partial charge in [-0.15, -0.1) is 0 Å². The number of carbonyl (C=O) groups is 2. The summed E-state index contributed by atoms with van der Waals surface area (Å²) in [6.07, 6.45) is 0. The van der Waals surface area contributed by atoms with Crippen LogP contribution < -0.4 is 5.32 Å². The molecule has 0 saturated heterocycles. The zero-order chi connectivity index (χ0) is 16.3. The van der Waals surface area contributed by atoms with Gasteiger partial charge in [0.05, 0.1) is 18.4 Å². The lowest BCUT2D eigenvalue weighted by Gasteiger charge is -2.11. The summed E-state index contributed by atoms with van der Waals surface area (Å²) in [6, 6.07) is 7.77. The number of nitrogens with one attached hydrogen (secondary N) is 1. The Morgan fingerprint density at radius 2 is 1.86 bits per heavy atom. The van der Waals surface area contributed by atoms with Crippen LogP contribution in [-0.4, -0.2) is 23.6 Å². The quantitative estimate of drug-likeness (QED) is 0.809. The van der Waals surface area contributed by atoms with Crippen molar-refractivity contribution >= 4 is 11.9 Å². The predicted octanol–water partition coefficient (Wildman–Crippen LogP) is 2.20. The molecule has 2 rings (SSSR count). The summed E-state index contributed by atoms with van der Waals surface area (Å²) >= 11 is 0. The van der Waals surface area contributed by atoms with Crippen LogP contribution in [0.3, 0.4) is 0 Å². The van der Waals surface area contributed by atoms with Crippen molar-refractivity contribution in [3.05, 3.63) is 35.4 Å². The van der Waals surface area contributed by atoms with Gasteiger partial charge in [0.1, 0.15) is 0 Å². The van der Waals surface area contributed by atoms with Crippen LogP contribution >= 0.6 is 0 Å². The highest BCUT2D eigenvalue weighted by Gasteiger charge is 2.65. The zero-order valence-corrected chi connectivity index (χ0v) is 13.3. The largest absolute Gasteiger partial charge is 0.481 e. The Hall–Kier alpha value is -1.88. The topological polar surface area (TPSA) is 75.6 Å². The van der Waals surface area contributed by atoms with Crippen molar-refractivity contribution in [1.82, 2.24) is 5.32 Å². The summed E-state index contributed by atoms with van der Waals surface area (Å²) in [5.74, 6) is -2.14.